The first-order valence-corrected chi connectivity index (χ1v) is 38.0. The monoisotopic (exact) mass is 1630 g/mol. The number of ether oxygens (including phenoxy) is 20. The van der Waals surface area contributed by atoms with Crippen molar-refractivity contribution in [1.82, 2.24) is 0 Å². The molecule has 5 aliphatic rings. The molecule has 0 bridgehead atoms. The van der Waals surface area contributed by atoms with Gasteiger partial charge in [-0.15, -0.1) is 0 Å². The maximum absolute atomic E-state index is 9.23. The van der Waals surface area contributed by atoms with Gasteiger partial charge in [0.05, 0.1) is 101 Å². The van der Waals surface area contributed by atoms with E-state index >= 15 is 0 Å². The number of nitriles is 5. The van der Waals surface area contributed by atoms with Crippen molar-refractivity contribution in [3.05, 3.63) is 268 Å². The van der Waals surface area contributed by atoms with Crippen molar-refractivity contribution in [2.75, 3.05) is 137 Å². The molecular formula is C96H87N5O20. The lowest BCUT2D eigenvalue weighted by atomic mass is 9.96. The van der Waals surface area contributed by atoms with Crippen LogP contribution < -0.4 is 94.7 Å². The molecule has 5 aliphatic heterocycles. The van der Waals surface area contributed by atoms with Crippen LogP contribution in [0.4, 0.5) is 0 Å². The molecule has 5 heterocycles. The topological polar surface area (TPSA) is 304 Å². The summed E-state index contributed by atoms with van der Waals surface area (Å²) < 4.78 is 109. The van der Waals surface area contributed by atoms with Gasteiger partial charge in [-0.1, -0.05) is 42.5 Å². The lowest BCUT2D eigenvalue weighted by Crippen LogP contribution is -2.15. The van der Waals surface area contributed by atoms with Crippen LogP contribution >= 0.6 is 0 Å². The summed E-state index contributed by atoms with van der Waals surface area (Å²) in [6, 6.07) is 66.5. The van der Waals surface area contributed by atoms with Gasteiger partial charge in [0.2, 0.25) is 0 Å². The Labute approximate surface area is 702 Å². The molecule has 0 saturated heterocycles. The molecule has 0 unspecified atom stereocenters. The number of allylic oxidation sites excluding steroid dienone is 5. The predicted octanol–water partition coefficient (Wildman–Crippen LogP) is 17.5. The maximum Gasteiger partial charge on any atom is 0.161 e. The van der Waals surface area contributed by atoms with Gasteiger partial charge in [0, 0.05) is 48.6 Å². The molecular weight excluding hydrogens is 1540 g/mol. The largest absolute Gasteiger partial charge is 0.497 e. The van der Waals surface area contributed by atoms with E-state index in [1.807, 2.05) is 171 Å². The van der Waals surface area contributed by atoms with E-state index in [0.29, 0.717) is 182 Å². The molecule has 15 rings (SSSR count). The summed E-state index contributed by atoms with van der Waals surface area (Å²) in [7, 11) is 14.3. The van der Waals surface area contributed by atoms with E-state index in [2.05, 4.69) is 30.3 Å². The summed E-state index contributed by atoms with van der Waals surface area (Å²) in [6.07, 6.45) is 7.52. The Bertz CT molecular complexity index is 5300. The van der Waals surface area contributed by atoms with Crippen molar-refractivity contribution in [3.63, 3.8) is 0 Å². The van der Waals surface area contributed by atoms with Gasteiger partial charge < -0.3 is 94.7 Å². The Morgan fingerprint density at radius 1 is 0.231 bits per heavy atom. The second-order valence-electron chi connectivity index (χ2n) is 25.9. The third-order valence-electron chi connectivity index (χ3n) is 18.8. The van der Waals surface area contributed by atoms with Crippen LogP contribution in [0.2, 0.25) is 0 Å². The van der Waals surface area contributed by atoms with E-state index in [1.165, 1.54) is 30.4 Å². The Hall–Kier alpha value is -15.7. The zero-order chi connectivity index (χ0) is 85.4. The minimum atomic E-state index is 0.515. The van der Waals surface area contributed by atoms with Gasteiger partial charge >= 0.3 is 0 Å². The molecule has 0 amide bonds. The van der Waals surface area contributed by atoms with E-state index in [1.54, 1.807) is 82.2 Å². The van der Waals surface area contributed by atoms with Crippen LogP contribution in [0.3, 0.4) is 0 Å². The average molecular weight is 1630 g/mol. The highest BCUT2D eigenvalue weighted by Crippen LogP contribution is 2.44. The number of hydrogen-bond acceptors (Lipinski definition) is 25. The summed E-state index contributed by atoms with van der Waals surface area (Å²) in [5.41, 5.74) is 12.3. The van der Waals surface area contributed by atoms with Crippen LogP contribution in [-0.4, -0.2) is 137 Å². The minimum absolute atomic E-state index is 0.515. The summed E-state index contributed by atoms with van der Waals surface area (Å²) >= 11 is 0. The second-order valence-corrected chi connectivity index (χ2v) is 25.9. The van der Waals surface area contributed by atoms with Crippen molar-refractivity contribution in [1.29, 1.82) is 26.3 Å². The number of rotatable bonds is 21. The van der Waals surface area contributed by atoms with E-state index < -0.39 is 0 Å². The predicted molar refractivity (Wildman–Crippen MR) is 453 cm³/mol. The summed E-state index contributed by atoms with van der Waals surface area (Å²) in [5.74, 6) is 13.5. The highest BCUT2D eigenvalue weighted by Gasteiger charge is 2.23. The standard InChI is InChI=1S/C20H19NO4.4C19H17NO4/c1-3-23-19-12-14(4-6-17(19)22-2)16(8-9-21)15-5-7-18-20(13-15)25-11-10-24-18;1-21-16-5-3-13(11-18(16)22-2)15(7-8-20)14-4-6-17-19(12-14)24-10-9-23-17;3*1-21-15-9-14(10-16(12-15)22-2)17(5-6-20)13-3-4-18-19(11-13)24-8-7-23-18/h4-8,12-13H,3,10-11H2,1-2H3;3-7,11-12H,9-10H2,1-2H3;3*3-5,9-12H,7-8H2,1-2H3/b;;17-5+;17-5-;. The summed E-state index contributed by atoms with van der Waals surface area (Å²) in [6.45, 7) is 7.74. The van der Waals surface area contributed by atoms with Crippen molar-refractivity contribution >= 4 is 27.9 Å². The van der Waals surface area contributed by atoms with E-state index in [-0.39, 0.29) is 0 Å². The van der Waals surface area contributed by atoms with Crippen LogP contribution in [0.25, 0.3) is 27.9 Å². The molecule has 0 fully saturated rings. The quantitative estimate of drug-likeness (QED) is 0.0603. The van der Waals surface area contributed by atoms with Crippen LogP contribution in [0.1, 0.15) is 62.6 Å². The zero-order valence-electron chi connectivity index (χ0n) is 68.4. The Kier molecular flexibility index (Phi) is 30.9. The lowest BCUT2D eigenvalue weighted by Gasteiger charge is -2.19. The molecule has 0 N–H and O–H groups in total. The molecule has 0 aromatic heterocycles. The second kappa shape index (κ2) is 43.3. The van der Waals surface area contributed by atoms with E-state index in [4.69, 9.17) is 94.7 Å². The molecule has 10 aromatic rings. The van der Waals surface area contributed by atoms with Gasteiger partial charge in [-0.3, -0.25) is 0 Å². The fourth-order valence-corrected chi connectivity index (χ4v) is 13.0. The first kappa shape index (κ1) is 86.2. The SMILES string of the molecule is CCOc1cc(C(=CC#N)c2ccc3c(c2)OCCO3)ccc1OC.COc1cc(OC)cc(/C(=C/C#N)c2ccc3c(c2)OCCO3)c1.COc1cc(OC)cc(/C(=C\C#N)c2ccc3c(c2)OCCO3)c1.COc1cc(OC)cc(C(=CC#N)c2ccc3c(c2)OCCO3)c1.COc1ccc(C(=CC#N)c2ccc3c(c2)OCCO3)cc1OC. The number of benzene rings is 10. The molecule has 0 atom stereocenters. The minimum Gasteiger partial charge on any atom is -0.497 e. The first-order chi connectivity index (χ1) is 59.3. The van der Waals surface area contributed by atoms with Crippen LogP contribution in [0, 0.1) is 56.7 Å². The molecule has 0 radical (unpaired) electrons. The lowest BCUT2D eigenvalue weighted by molar-refractivity contribution is 0.171. The molecule has 121 heavy (non-hydrogen) atoms. The van der Waals surface area contributed by atoms with Crippen LogP contribution in [0.15, 0.2) is 212 Å². The van der Waals surface area contributed by atoms with Crippen molar-refractivity contribution in [2.24, 2.45) is 0 Å². The summed E-state index contributed by atoms with van der Waals surface area (Å²) in [5, 5.41) is 46.0. The fourth-order valence-electron chi connectivity index (χ4n) is 13.0. The van der Waals surface area contributed by atoms with Crippen molar-refractivity contribution in [3.8, 4) is 145 Å². The Balaban J connectivity index is 0.000000148. The van der Waals surface area contributed by atoms with Crippen LogP contribution in [-0.2, 0) is 0 Å². The Morgan fingerprint density at radius 3 is 0.645 bits per heavy atom. The highest BCUT2D eigenvalue weighted by atomic mass is 16.6. The smallest absolute Gasteiger partial charge is 0.161 e. The van der Waals surface area contributed by atoms with E-state index in [9.17, 15) is 26.3 Å². The molecule has 25 nitrogen and oxygen atoms in total. The average Bonchev–Trinajstić information content (AvgIpc) is 0.823. The molecule has 25 heteroatoms. The van der Waals surface area contributed by atoms with Gasteiger partial charge in [0.25, 0.3) is 0 Å². The van der Waals surface area contributed by atoms with Crippen LogP contribution in [0.5, 0.6) is 115 Å². The number of nitrogens with zero attached hydrogens (tertiary/aromatic N) is 5. The van der Waals surface area contributed by atoms with Gasteiger partial charge in [-0.25, -0.2) is 0 Å². The third kappa shape index (κ3) is 22.1. The molecule has 0 spiro atoms. The van der Waals surface area contributed by atoms with Gasteiger partial charge in [-0.2, -0.15) is 26.3 Å². The molecule has 10 aromatic carbocycles. The van der Waals surface area contributed by atoms with Gasteiger partial charge in [-0.05, 0) is 212 Å². The third-order valence-corrected chi connectivity index (χ3v) is 18.8. The zero-order valence-corrected chi connectivity index (χ0v) is 68.4. The molecule has 0 saturated carbocycles. The van der Waals surface area contributed by atoms with Crippen molar-refractivity contribution < 1.29 is 94.7 Å². The van der Waals surface area contributed by atoms with Gasteiger partial charge in [0.15, 0.2) is 80.5 Å². The van der Waals surface area contributed by atoms with E-state index in [0.717, 1.165) is 89.2 Å². The number of hydrogen-bond donors (Lipinski definition) is 0. The number of methoxy groups -OCH3 is 9. The highest BCUT2D eigenvalue weighted by molar-refractivity contribution is 5.88. The van der Waals surface area contributed by atoms with Gasteiger partial charge in [0.1, 0.15) is 101 Å². The van der Waals surface area contributed by atoms with Crippen molar-refractivity contribution in [2.45, 2.75) is 6.92 Å². The normalized spacial score (nSPS) is 13.1. The Morgan fingerprint density at radius 2 is 0.430 bits per heavy atom. The fraction of sp³-hybridized carbons (Fsp3) is 0.219. The first-order valence-electron chi connectivity index (χ1n) is 38.0. The maximum atomic E-state index is 9.23. The molecule has 616 valence electrons. The summed E-state index contributed by atoms with van der Waals surface area (Å²) in [4.78, 5) is 0. The molecule has 0 aliphatic carbocycles. The number of fused-ring (bicyclic) bond motifs is 5.